The molecule has 8 unspecified atom stereocenters. The zero-order valence-corrected chi connectivity index (χ0v) is 73.9. The van der Waals surface area contributed by atoms with Gasteiger partial charge in [-0.1, -0.05) is 127 Å². The molecule has 130 heavy (non-hydrogen) atoms. The minimum Gasteiger partial charge on any atom is -0.508 e. The summed E-state index contributed by atoms with van der Waals surface area (Å²) in [4.78, 5) is 101. The fraction of sp³-hybridized carbons (Fsp3) is 0.170. The van der Waals surface area contributed by atoms with E-state index in [1.807, 2.05) is 144 Å². The van der Waals surface area contributed by atoms with Crippen LogP contribution in [0.5, 0.6) is 46.0 Å². The lowest BCUT2D eigenvalue weighted by Gasteiger charge is -2.10. The molecule has 0 spiro atoms. The van der Waals surface area contributed by atoms with Crippen LogP contribution < -0.4 is 0 Å². The van der Waals surface area contributed by atoms with E-state index in [2.05, 4.69) is 0 Å². The van der Waals surface area contributed by atoms with Crippen LogP contribution in [0.15, 0.2) is 231 Å². The predicted octanol–water partition coefficient (Wildman–Crippen LogP) is 23.4. The first-order valence-corrected chi connectivity index (χ1v) is 45.2. The first kappa shape index (κ1) is 87.5. The van der Waals surface area contributed by atoms with Crippen LogP contribution in [-0.4, -0.2) is 108 Å². The monoisotopic (exact) mass is 1800 g/mol. The van der Waals surface area contributed by atoms with Crippen molar-refractivity contribution >= 4 is 133 Å². The molecule has 16 aromatic rings. The van der Waals surface area contributed by atoms with E-state index in [1.165, 1.54) is 51.4 Å². The van der Waals surface area contributed by atoms with Crippen LogP contribution in [0, 0.1) is 65.2 Å². The van der Waals surface area contributed by atoms with E-state index in [0.717, 1.165) is 124 Å². The molecule has 4 saturated carbocycles. The number of aryl methyl sites for hydroxylation is 6. The van der Waals surface area contributed by atoms with Gasteiger partial charge in [0.2, 0.25) is 23.1 Å². The van der Waals surface area contributed by atoms with Gasteiger partial charge in [-0.05, 0) is 272 Å². The first-order valence-electron chi connectivity index (χ1n) is 41.9. The lowest BCUT2D eigenvalue weighted by molar-refractivity contribution is -0.139. The van der Waals surface area contributed by atoms with Gasteiger partial charge in [-0.2, -0.15) is 0 Å². The maximum Gasteiger partial charge on any atom is 0.307 e. The summed E-state index contributed by atoms with van der Waals surface area (Å²) >= 11 is 5.13. The molecule has 24 heteroatoms. The van der Waals surface area contributed by atoms with Gasteiger partial charge in [-0.15, -0.1) is 45.3 Å². The number of phenolic OH excluding ortho intramolecular Hbond substituents is 8. The zero-order chi connectivity index (χ0) is 92.0. The molecule has 4 fully saturated rings. The largest absolute Gasteiger partial charge is 0.508 e. The van der Waals surface area contributed by atoms with Crippen molar-refractivity contribution in [2.75, 3.05) is 0 Å². The van der Waals surface area contributed by atoms with E-state index in [-0.39, 0.29) is 139 Å². The van der Waals surface area contributed by atoms with Crippen LogP contribution in [-0.2, 0) is 19.2 Å². The number of carbonyl (C=O) groups excluding carboxylic acids is 4. The second-order valence-electron chi connectivity index (χ2n) is 33.8. The van der Waals surface area contributed by atoms with Gasteiger partial charge in [0.15, 0.2) is 0 Å². The lowest BCUT2D eigenvalue weighted by atomic mass is 9.94. The zero-order valence-electron chi connectivity index (χ0n) is 70.7. The van der Waals surface area contributed by atoms with Crippen molar-refractivity contribution in [1.29, 1.82) is 0 Å². The summed E-state index contributed by atoms with van der Waals surface area (Å²) in [6.45, 7) is 11.0. The van der Waals surface area contributed by atoms with Crippen LogP contribution in [0.25, 0.3) is 84.9 Å². The normalized spacial score (nSPS) is 17.3. The Labute approximate surface area is 760 Å². The molecule has 0 bridgehead atoms. The van der Waals surface area contributed by atoms with Crippen molar-refractivity contribution < 1.29 is 99.6 Å². The SMILES string of the molecule is Cc1cc(C)c(C(=O)c2sc3cc(O)ccc3c2-c2ccc(C3CC3C(=O)O)cc2)c(O)c1.Cc1cc(C)c(C(=O)c2sc3cc(O)ccc3c2-c2ccc(C3CC3C(=O)O)cc2)c(O)c1.Cc1ccc(C(=O)c2sc3cc(O)ccc3c2-c2ccc(C3CC3C(=O)O)cc2)c(O)c1.Cc1cccc(O)c1C(=O)c1sc2cc(O)ccc2c1-c1ccc(C2CC2C(=O)O)cc1. The topological polar surface area (TPSA) is 379 Å². The van der Waals surface area contributed by atoms with Crippen molar-refractivity contribution in [3.8, 4) is 90.5 Å². The summed E-state index contributed by atoms with van der Waals surface area (Å²) in [5.74, 6) is -5.11. The third kappa shape index (κ3) is 17.2. The molecule has 0 saturated heterocycles. The number of hydrogen-bond donors (Lipinski definition) is 12. The second-order valence-corrected chi connectivity index (χ2v) is 38.0. The second kappa shape index (κ2) is 34.9. The number of carboxylic acids is 4. The van der Waals surface area contributed by atoms with Crippen molar-refractivity contribution in [3.63, 3.8) is 0 Å². The molecule has 652 valence electrons. The Balaban J connectivity index is 0.000000121. The number of ketones is 4. The molecule has 8 atom stereocenters. The van der Waals surface area contributed by atoms with Gasteiger partial charge in [0, 0.05) is 62.6 Å². The number of rotatable bonds is 20. The maximum atomic E-state index is 13.7. The summed E-state index contributed by atoms with van der Waals surface area (Å²) in [5.41, 5.74) is 15.9. The molecule has 4 aromatic heterocycles. The Morgan fingerprint density at radius 1 is 0.262 bits per heavy atom. The number of fused-ring (bicyclic) bond motifs is 4. The van der Waals surface area contributed by atoms with Crippen molar-refractivity contribution in [1.82, 2.24) is 0 Å². The van der Waals surface area contributed by atoms with E-state index in [9.17, 15) is 99.6 Å². The minimum absolute atomic E-state index is 0.0287. The van der Waals surface area contributed by atoms with E-state index in [4.69, 9.17) is 0 Å². The third-order valence-corrected chi connectivity index (χ3v) is 29.3. The van der Waals surface area contributed by atoms with Crippen molar-refractivity contribution in [2.24, 2.45) is 23.7 Å². The van der Waals surface area contributed by atoms with Crippen LogP contribution in [0.3, 0.4) is 0 Å². The molecule has 20 rings (SSSR count). The van der Waals surface area contributed by atoms with E-state index in [0.29, 0.717) is 61.9 Å². The highest BCUT2D eigenvalue weighted by Crippen LogP contribution is 2.55. The highest BCUT2D eigenvalue weighted by atomic mass is 32.1. The van der Waals surface area contributed by atoms with Gasteiger partial charge in [0.1, 0.15) is 46.0 Å². The highest BCUT2D eigenvalue weighted by Gasteiger charge is 2.47. The molecule has 4 heterocycles. The average Bonchev–Trinajstić information content (AvgIpc) is 1.62. The van der Waals surface area contributed by atoms with Crippen LogP contribution in [0.1, 0.15) is 166 Å². The van der Waals surface area contributed by atoms with Crippen LogP contribution in [0.4, 0.5) is 0 Å². The summed E-state index contributed by atoms with van der Waals surface area (Å²) in [6, 6.07) is 67.7. The standard InChI is InChI=1S/2C27H22O5S.2C26H20O5S/c2*1-13-9-14(2)23(21(29)10-13)25(30)26-24(18-8-7-17(28)11-22(18)33-26)16-5-3-15(4-6-16)19-12-20(19)27(31)32;1-13-2-8-17(21(28)10-13)24(29)25-23(18-9-7-16(27)11-22(18)32-25)15-5-3-14(4-6-15)19-12-20(19)26(30)31;1-13-3-2-4-20(28)22(13)24(29)25-23(17-10-9-16(27)11-21(17)32-25)15-7-5-14(6-8-15)18-12-19(18)26(30)31/h2*3-11,19-20,28-29H,12H2,1-2H3,(H,31,32);2-11,19-20,27-28H,12H2,1H3,(H,30,31);2-11,18-19,27-28H,12H2,1H3,(H,30,31). The molecule has 12 aromatic carbocycles. The molecular weight excluding hydrogens is 1720 g/mol. The minimum atomic E-state index is -0.770. The van der Waals surface area contributed by atoms with E-state index >= 15 is 0 Å². The highest BCUT2D eigenvalue weighted by molar-refractivity contribution is 7.23. The Morgan fingerprint density at radius 3 is 0.785 bits per heavy atom. The number of thiophene rings is 4. The van der Waals surface area contributed by atoms with E-state index in [1.54, 1.807) is 122 Å². The number of aromatic hydroxyl groups is 8. The molecule has 0 amide bonds. The molecule has 12 N–H and O–H groups in total. The van der Waals surface area contributed by atoms with Crippen LogP contribution >= 0.6 is 45.3 Å². The van der Waals surface area contributed by atoms with E-state index < -0.39 is 23.9 Å². The molecular formula is C106H84O20S4. The van der Waals surface area contributed by atoms with Gasteiger partial charge < -0.3 is 61.3 Å². The lowest BCUT2D eigenvalue weighted by Crippen LogP contribution is -2.04. The summed E-state index contributed by atoms with van der Waals surface area (Å²) in [6.07, 6.45) is 2.58. The van der Waals surface area contributed by atoms with Gasteiger partial charge in [-0.25, -0.2) is 0 Å². The molecule has 20 nitrogen and oxygen atoms in total. The van der Waals surface area contributed by atoms with Crippen LogP contribution in [0.2, 0.25) is 0 Å². The number of aliphatic carboxylic acids is 4. The fourth-order valence-corrected chi connectivity index (χ4v) is 22.6. The Bertz CT molecular complexity index is 7090. The fourth-order valence-electron chi connectivity index (χ4n) is 17.8. The number of hydrogen-bond acceptors (Lipinski definition) is 20. The molecule has 0 aliphatic heterocycles. The molecule has 4 aliphatic rings. The number of phenols is 8. The van der Waals surface area contributed by atoms with Crippen molar-refractivity contribution in [2.45, 2.75) is 90.9 Å². The number of benzene rings is 12. The van der Waals surface area contributed by atoms with Gasteiger partial charge in [0.05, 0.1) is 65.4 Å². The third-order valence-electron chi connectivity index (χ3n) is 24.7. The first-order chi connectivity index (χ1) is 62.2. The summed E-state index contributed by atoms with van der Waals surface area (Å²) < 4.78 is 3.09. The quantitative estimate of drug-likeness (QED) is 0.0315. The maximum absolute atomic E-state index is 13.7. The average molecular weight is 1810 g/mol. The molecule has 4 aliphatic carbocycles. The summed E-state index contributed by atoms with van der Waals surface area (Å²) in [7, 11) is 0. The van der Waals surface area contributed by atoms with Crippen molar-refractivity contribution in [3.05, 3.63) is 328 Å². The Kier molecular flexibility index (Phi) is 23.5. The van der Waals surface area contributed by atoms with Gasteiger partial charge >= 0.3 is 23.9 Å². The van der Waals surface area contributed by atoms with Gasteiger partial charge in [-0.3, -0.25) is 38.4 Å². The summed E-state index contributed by atoms with van der Waals surface area (Å²) in [5, 5.41) is 122. The number of carboxylic acid groups (broad SMARTS) is 4. The molecule has 0 radical (unpaired) electrons. The smallest absolute Gasteiger partial charge is 0.307 e. The Morgan fingerprint density at radius 2 is 0.531 bits per heavy atom. The Hall–Kier alpha value is -14.6. The number of carbonyl (C=O) groups is 8. The van der Waals surface area contributed by atoms with Gasteiger partial charge in [0.25, 0.3) is 0 Å². The predicted molar refractivity (Wildman–Crippen MR) is 504 cm³/mol.